The van der Waals surface area contributed by atoms with Crippen LogP contribution in [-0.4, -0.2) is 49.1 Å². The molecule has 4 nitrogen and oxygen atoms in total. The van der Waals surface area contributed by atoms with Crippen LogP contribution in [-0.2, 0) is 0 Å². The second-order valence-electron chi connectivity index (χ2n) is 5.49. The third-order valence-corrected chi connectivity index (χ3v) is 4.41. The summed E-state index contributed by atoms with van der Waals surface area (Å²) in [4.78, 5) is 4.81. The second-order valence-corrected chi connectivity index (χ2v) is 5.49. The van der Waals surface area contributed by atoms with Crippen molar-refractivity contribution >= 4 is 0 Å². The summed E-state index contributed by atoms with van der Waals surface area (Å²) in [5.74, 6) is 0.812. The summed E-state index contributed by atoms with van der Waals surface area (Å²) in [6, 6.07) is 10.7. The zero-order valence-electron chi connectivity index (χ0n) is 13.2. The van der Waals surface area contributed by atoms with Gasteiger partial charge in [0.25, 0.3) is 0 Å². The van der Waals surface area contributed by atoms with Crippen LogP contribution in [0, 0.1) is 11.3 Å². The number of hydrogen-bond acceptors (Lipinski definition) is 4. The lowest BCUT2D eigenvalue weighted by Crippen LogP contribution is -2.53. The van der Waals surface area contributed by atoms with Crippen molar-refractivity contribution < 1.29 is 4.74 Å². The Kier molecular flexibility index (Phi) is 5.60. The molecule has 1 aliphatic heterocycles. The van der Waals surface area contributed by atoms with E-state index in [2.05, 4.69) is 29.7 Å². The number of ether oxygens (including phenoxy) is 1. The average molecular weight is 287 g/mol. The zero-order valence-corrected chi connectivity index (χ0v) is 13.2. The third kappa shape index (κ3) is 3.55. The Morgan fingerprint density at radius 1 is 1.38 bits per heavy atom. The van der Waals surface area contributed by atoms with Gasteiger partial charge in [-0.25, -0.2) is 0 Å². The minimum absolute atomic E-state index is 0.187. The summed E-state index contributed by atoms with van der Waals surface area (Å²) in [5.41, 5.74) is 1.02. The smallest absolute Gasteiger partial charge is 0.124 e. The number of benzene rings is 1. The topological polar surface area (TPSA) is 39.5 Å². The van der Waals surface area contributed by atoms with Gasteiger partial charge in [0.2, 0.25) is 0 Å². The summed E-state index contributed by atoms with van der Waals surface area (Å²) < 4.78 is 5.28. The van der Waals surface area contributed by atoms with Crippen LogP contribution < -0.4 is 4.74 Å². The number of likely N-dealkylation sites (N-methyl/N-ethyl adjacent to an activating group) is 1. The molecule has 1 aromatic rings. The van der Waals surface area contributed by atoms with Gasteiger partial charge >= 0.3 is 0 Å². The van der Waals surface area contributed by atoms with Gasteiger partial charge < -0.3 is 4.74 Å². The van der Waals surface area contributed by atoms with Crippen molar-refractivity contribution in [3.63, 3.8) is 0 Å². The van der Waals surface area contributed by atoms with Crippen molar-refractivity contribution in [1.29, 1.82) is 5.26 Å². The lowest BCUT2D eigenvalue weighted by molar-refractivity contribution is 0.0623. The van der Waals surface area contributed by atoms with E-state index in [0.29, 0.717) is 6.04 Å². The predicted molar refractivity (Wildman–Crippen MR) is 84.2 cm³/mol. The van der Waals surface area contributed by atoms with Crippen LogP contribution in [0.25, 0.3) is 0 Å². The molecule has 0 aromatic heterocycles. The maximum Gasteiger partial charge on any atom is 0.124 e. The molecule has 0 aliphatic carbocycles. The molecule has 0 N–H and O–H groups in total. The molecule has 1 heterocycles. The van der Waals surface area contributed by atoms with E-state index >= 15 is 0 Å². The maximum absolute atomic E-state index is 9.63. The largest absolute Gasteiger partial charge is 0.497 e. The number of nitrogens with zero attached hydrogens (tertiary/aromatic N) is 3. The van der Waals surface area contributed by atoms with Crippen LogP contribution in [0.15, 0.2) is 24.3 Å². The number of nitriles is 1. The summed E-state index contributed by atoms with van der Waals surface area (Å²) in [6.07, 6.45) is 1.13. The van der Waals surface area contributed by atoms with E-state index in [4.69, 9.17) is 4.74 Å². The van der Waals surface area contributed by atoms with Crippen LogP contribution in [0.4, 0.5) is 0 Å². The fourth-order valence-electron chi connectivity index (χ4n) is 3.13. The monoisotopic (exact) mass is 287 g/mol. The van der Waals surface area contributed by atoms with Crippen LogP contribution in [0.5, 0.6) is 5.75 Å². The molecule has 2 rings (SSSR count). The number of methoxy groups -OCH3 is 1. The molecular formula is C17H25N3O. The first-order valence-electron chi connectivity index (χ1n) is 7.75. The Labute approximate surface area is 127 Å². The number of rotatable bonds is 5. The zero-order chi connectivity index (χ0) is 15.2. The van der Waals surface area contributed by atoms with Gasteiger partial charge in [0.15, 0.2) is 0 Å². The highest BCUT2D eigenvalue weighted by atomic mass is 16.5. The van der Waals surface area contributed by atoms with Gasteiger partial charge in [0.05, 0.1) is 13.2 Å². The SMILES string of the molecule is CCC1CN(C(C#N)c2cccc(OC)c2)CCN1CC. The Balaban J connectivity index is 2.16. The Morgan fingerprint density at radius 3 is 2.81 bits per heavy atom. The van der Waals surface area contributed by atoms with Crippen LogP contribution >= 0.6 is 0 Å². The normalized spacial score (nSPS) is 21.7. The van der Waals surface area contributed by atoms with Gasteiger partial charge in [0, 0.05) is 25.7 Å². The highest BCUT2D eigenvalue weighted by molar-refractivity contribution is 5.33. The van der Waals surface area contributed by atoms with Gasteiger partial charge in [-0.1, -0.05) is 26.0 Å². The molecule has 21 heavy (non-hydrogen) atoms. The van der Waals surface area contributed by atoms with Gasteiger partial charge in [-0.2, -0.15) is 5.26 Å². The van der Waals surface area contributed by atoms with E-state index in [1.54, 1.807) is 7.11 Å². The molecule has 0 spiro atoms. The second kappa shape index (κ2) is 7.44. The van der Waals surface area contributed by atoms with E-state index < -0.39 is 0 Å². The van der Waals surface area contributed by atoms with Crippen molar-refractivity contribution in [2.45, 2.75) is 32.4 Å². The highest BCUT2D eigenvalue weighted by Crippen LogP contribution is 2.26. The molecule has 0 amide bonds. The fourth-order valence-corrected chi connectivity index (χ4v) is 3.13. The molecule has 2 atom stereocenters. The van der Waals surface area contributed by atoms with Crippen molar-refractivity contribution in [2.24, 2.45) is 0 Å². The fraction of sp³-hybridized carbons (Fsp3) is 0.588. The molecular weight excluding hydrogens is 262 g/mol. The number of hydrogen-bond donors (Lipinski definition) is 0. The lowest BCUT2D eigenvalue weighted by Gasteiger charge is -2.42. The first-order valence-corrected chi connectivity index (χ1v) is 7.75. The van der Waals surface area contributed by atoms with Crippen LogP contribution in [0.2, 0.25) is 0 Å². The summed E-state index contributed by atoms with van der Waals surface area (Å²) in [5, 5.41) is 9.63. The van der Waals surface area contributed by atoms with Gasteiger partial charge in [-0.3, -0.25) is 9.80 Å². The van der Waals surface area contributed by atoms with E-state index in [9.17, 15) is 5.26 Å². The summed E-state index contributed by atoms with van der Waals surface area (Å²) >= 11 is 0. The van der Waals surface area contributed by atoms with E-state index in [-0.39, 0.29) is 6.04 Å². The third-order valence-electron chi connectivity index (χ3n) is 4.41. The Bertz CT molecular complexity index is 497. The Hall–Kier alpha value is -1.57. The van der Waals surface area contributed by atoms with E-state index in [1.807, 2.05) is 24.3 Å². The van der Waals surface area contributed by atoms with Gasteiger partial charge in [-0.05, 0) is 30.7 Å². The average Bonchev–Trinajstić information content (AvgIpc) is 2.55. The predicted octanol–water partition coefficient (Wildman–Crippen LogP) is 2.68. The first kappa shape index (κ1) is 15.8. The van der Waals surface area contributed by atoms with Gasteiger partial charge in [0.1, 0.15) is 11.8 Å². The first-order chi connectivity index (χ1) is 10.2. The molecule has 2 unspecified atom stereocenters. The highest BCUT2D eigenvalue weighted by Gasteiger charge is 2.29. The van der Waals surface area contributed by atoms with Crippen molar-refractivity contribution in [2.75, 3.05) is 33.3 Å². The standard InChI is InChI=1S/C17H25N3O/c1-4-15-13-20(10-9-19(15)5-2)17(12-18)14-7-6-8-16(11-14)21-3/h6-8,11,15,17H,4-5,9-10,13H2,1-3H3. The van der Waals surface area contributed by atoms with E-state index in [1.165, 1.54) is 0 Å². The van der Waals surface area contributed by atoms with Crippen LogP contribution in [0.3, 0.4) is 0 Å². The van der Waals surface area contributed by atoms with E-state index in [0.717, 1.165) is 43.9 Å². The minimum atomic E-state index is -0.187. The maximum atomic E-state index is 9.63. The molecule has 4 heteroatoms. The summed E-state index contributed by atoms with van der Waals surface area (Å²) in [7, 11) is 1.66. The molecule has 0 bridgehead atoms. The van der Waals surface area contributed by atoms with Crippen molar-refractivity contribution in [1.82, 2.24) is 9.80 Å². The van der Waals surface area contributed by atoms with Gasteiger partial charge in [-0.15, -0.1) is 0 Å². The molecule has 0 radical (unpaired) electrons. The lowest BCUT2D eigenvalue weighted by atomic mass is 10.0. The molecule has 1 fully saturated rings. The molecule has 1 aromatic carbocycles. The molecule has 1 saturated heterocycles. The molecule has 114 valence electrons. The van der Waals surface area contributed by atoms with Crippen molar-refractivity contribution in [3.8, 4) is 11.8 Å². The molecule has 1 aliphatic rings. The Morgan fingerprint density at radius 2 is 2.19 bits per heavy atom. The molecule has 0 saturated carbocycles. The quantitative estimate of drug-likeness (QED) is 0.834. The van der Waals surface area contributed by atoms with Crippen LogP contribution in [0.1, 0.15) is 31.9 Å². The number of piperazine rings is 1. The van der Waals surface area contributed by atoms with Crippen molar-refractivity contribution in [3.05, 3.63) is 29.8 Å². The minimum Gasteiger partial charge on any atom is -0.497 e. The summed E-state index contributed by atoms with van der Waals surface area (Å²) in [6.45, 7) is 8.46.